The van der Waals surface area contributed by atoms with Gasteiger partial charge in [-0.2, -0.15) is 5.26 Å². The number of rotatable bonds is 5. The molecule has 0 spiro atoms. The summed E-state index contributed by atoms with van der Waals surface area (Å²) in [6, 6.07) is 3.00. The number of hydrogen-bond donors (Lipinski definition) is 1. The molecule has 0 aromatic rings. The first-order chi connectivity index (χ1) is 6.34. The SMILES string of the molecule is CCN(C(C)C)C(C)CC(C)(N)C#N. The van der Waals surface area contributed by atoms with Crippen LogP contribution in [0.3, 0.4) is 0 Å². The highest BCUT2D eigenvalue weighted by Crippen LogP contribution is 2.15. The predicted octanol–water partition coefficient (Wildman–Crippen LogP) is 1.74. The standard InChI is InChI=1S/C11H23N3/c1-6-14(9(2)3)10(4)7-11(5,13)8-12/h9-10H,6-7,13H2,1-5H3. The van der Waals surface area contributed by atoms with E-state index in [4.69, 9.17) is 11.0 Å². The first kappa shape index (κ1) is 13.4. The van der Waals surface area contributed by atoms with Gasteiger partial charge in [-0.05, 0) is 40.7 Å². The van der Waals surface area contributed by atoms with Crippen LogP contribution < -0.4 is 5.73 Å². The Labute approximate surface area is 87.9 Å². The second-order valence-electron chi connectivity index (χ2n) is 4.51. The van der Waals surface area contributed by atoms with Gasteiger partial charge in [0, 0.05) is 12.1 Å². The highest BCUT2D eigenvalue weighted by molar-refractivity contribution is 5.02. The Morgan fingerprint density at radius 2 is 1.93 bits per heavy atom. The summed E-state index contributed by atoms with van der Waals surface area (Å²) >= 11 is 0. The van der Waals surface area contributed by atoms with Crippen molar-refractivity contribution >= 4 is 0 Å². The minimum Gasteiger partial charge on any atom is -0.314 e. The minimum atomic E-state index is -0.707. The molecule has 2 atom stereocenters. The Kier molecular flexibility index (Phi) is 5.11. The van der Waals surface area contributed by atoms with Crippen LogP contribution >= 0.6 is 0 Å². The molecule has 0 radical (unpaired) electrons. The lowest BCUT2D eigenvalue weighted by Gasteiger charge is -2.34. The molecule has 3 nitrogen and oxygen atoms in total. The summed E-state index contributed by atoms with van der Waals surface area (Å²) in [7, 11) is 0. The predicted molar refractivity (Wildman–Crippen MR) is 59.8 cm³/mol. The van der Waals surface area contributed by atoms with E-state index in [1.807, 2.05) is 0 Å². The van der Waals surface area contributed by atoms with Crippen molar-refractivity contribution < 1.29 is 0 Å². The fourth-order valence-corrected chi connectivity index (χ4v) is 1.96. The monoisotopic (exact) mass is 197 g/mol. The van der Waals surface area contributed by atoms with E-state index >= 15 is 0 Å². The maximum absolute atomic E-state index is 8.84. The van der Waals surface area contributed by atoms with Crippen LogP contribution in [0, 0.1) is 11.3 Å². The zero-order valence-electron chi connectivity index (χ0n) is 10.0. The van der Waals surface area contributed by atoms with Gasteiger partial charge in [0.1, 0.15) is 5.54 Å². The average molecular weight is 197 g/mol. The van der Waals surface area contributed by atoms with Gasteiger partial charge in [-0.25, -0.2) is 0 Å². The fourth-order valence-electron chi connectivity index (χ4n) is 1.96. The lowest BCUT2D eigenvalue weighted by Crippen LogP contribution is -2.46. The Hall–Kier alpha value is -0.590. The van der Waals surface area contributed by atoms with Gasteiger partial charge in [-0.1, -0.05) is 6.92 Å². The van der Waals surface area contributed by atoms with E-state index in [0.717, 1.165) is 13.0 Å². The van der Waals surface area contributed by atoms with Crippen molar-refractivity contribution in [3.05, 3.63) is 0 Å². The minimum absolute atomic E-state index is 0.356. The largest absolute Gasteiger partial charge is 0.314 e. The molecule has 0 bridgehead atoms. The molecule has 0 saturated heterocycles. The Balaban J connectivity index is 4.33. The molecule has 0 aromatic carbocycles. The average Bonchev–Trinajstić information content (AvgIpc) is 2.03. The van der Waals surface area contributed by atoms with Gasteiger partial charge < -0.3 is 5.73 Å². The molecule has 82 valence electrons. The van der Waals surface area contributed by atoms with Gasteiger partial charge in [0.15, 0.2) is 0 Å². The fraction of sp³-hybridized carbons (Fsp3) is 0.909. The van der Waals surface area contributed by atoms with E-state index < -0.39 is 5.54 Å². The third kappa shape index (κ3) is 4.08. The molecule has 0 aliphatic heterocycles. The summed E-state index contributed by atoms with van der Waals surface area (Å²) in [5.41, 5.74) is 5.12. The highest BCUT2D eigenvalue weighted by Gasteiger charge is 2.25. The Morgan fingerprint density at radius 1 is 1.43 bits per heavy atom. The van der Waals surface area contributed by atoms with Crippen molar-refractivity contribution in [2.75, 3.05) is 6.54 Å². The Bertz CT molecular complexity index is 203. The van der Waals surface area contributed by atoms with Crippen LogP contribution in [-0.4, -0.2) is 29.1 Å². The molecule has 3 heteroatoms. The van der Waals surface area contributed by atoms with Crippen LogP contribution in [0.4, 0.5) is 0 Å². The van der Waals surface area contributed by atoms with Crippen molar-refractivity contribution in [1.29, 1.82) is 5.26 Å². The second-order valence-corrected chi connectivity index (χ2v) is 4.51. The summed E-state index contributed by atoms with van der Waals surface area (Å²) in [6.45, 7) is 11.4. The molecule has 0 amide bonds. The molecule has 14 heavy (non-hydrogen) atoms. The molecule has 0 rings (SSSR count). The summed E-state index contributed by atoms with van der Waals surface area (Å²) in [6.07, 6.45) is 0.718. The molecule has 0 aliphatic carbocycles. The van der Waals surface area contributed by atoms with E-state index in [2.05, 4.69) is 38.7 Å². The van der Waals surface area contributed by atoms with Crippen LogP contribution in [0.5, 0.6) is 0 Å². The van der Waals surface area contributed by atoms with E-state index in [9.17, 15) is 0 Å². The summed E-state index contributed by atoms with van der Waals surface area (Å²) in [5.74, 6) is 0. The first-order valence-electron chi connectivity index (χ1n) is 5.30. The summed E-state index contributed by atoms with van der Waals surface area (Å²) in [4.78, 5) is 2.35. The van der Waals surface area contributed by atoms with Gasteiger partial charge in [0.05, 0.1) is 6.07 Å². The van der Waals surface area contributed by atoms with Crippen molar-refractivity contribution in [3.8, 4) is 6.07 Å². The van der Waals surface area contributed by atoms with Crippen molar-refractivity contribution in [1.82, 2.24) is 4.90 Å². The molecule has 0 fully saturated rings. The molecular formula is C11H23N3. The van der Waals surface area contributed by atoms with Gasteiger partial charge in [-0.3, -0.25) is 4.90 Å². The normalized spacial score (nSPS) is 17.9. The van der Waals surface area contributed by atoms with Gasteiger partial charge >= 0.3 is 0 Å². The Morgan fingerprint density at radius 3 is 2.21 bits per heavy atom. The van der Waals surface area contributed by atoms with Gasteiger partial charge in [0.25, 0.3) is 0 Å². The topological polar surface area (TPSA) is 53.0 Å². The summed E-state index contributed by atoms with van der Waals surface area (Å²) in [5, 5.41) is 8.84. The van der Waals surface area contributed by atoms with Crippen LogP contribution in [0.25, 0.3) is 0 Å². The van der Waals surface area contributed by atoms with Gasteiger partial charge in [0.2, 0.25) is 0 Å². The highest BCUT2D eigenvalue weighted by atomic mass is 15.2. The number of nitrogens with two attached hydrogens (primary N) is 1. The lowest BCUT2D eigenvalue weighted by molar-refractivity contribution is 0.153. The molecule has 2 unspecified atom stereocenters. The van der Waals surface area contributed by atoms with Crippen molar-refractivity contribution in [2.45, 2.75) is 58.7 Å². The van der Waals surface area contributed by atoms with Crippen LogP contribution in [0.1, 0.15) is 41.0 Å². The van der Waals surface area contributed by atoms with Crippen molar-refractivity contribution in [3.63, 3.8) is 0 Å². The molecule has 0 heterocycles. The first-order valence-corrected chi connectivity index (χ1v) is 5.30. The van der Waals surface area contributed by atoms with Crippen LogP contribution in [-0.2, 0) is 0 Å². The second kappa shape index (κ2) is 5.33. The number of nitriles is 1. The van der Waals surface area contributed by atoms with E-state index in [-0.39, 0.29) is 0 Å². The molecule has 0 aromatic heterocycles. The maximum atomic E-state index is 8.84. The maximum Gasteiger partial charge on any atom is 0.102 e. The third-order valence-corrected chi connectivity index (χ3v) is 2.57. The zero-order chi connectivity index (χ0) is 11.4. The molecule has 0 saturated carbocycles. The van der Waals surface area contributed by atoms with E-state index in [0.29, 0.717) is 12.1 Å². The molecular weight excluding hydrogens is 174 g/mol. The summed E-state index contributed by atoms with van der Waals surface area (Å²) < 4.78 is 0. The van der Waals surface area contributed by atoms with E-state index in [1.165, 1.54) is 0 Å². The number of hydrogen-bond acceptors (Lipinski definition) is 3. The number of nitrogens with zero attached hydrogens (tertiary/aromatic N) is 2. The third-order valence-electron chi connectivity index (χ3n) is 2.57. The van der Waals surface area contributed by atoms with Crippen LogP contribution in [0.2, 0.25) is 0 Å². The zero-order valence-corrected chi connectivity index (χ0v) is 10.0. The molecule has 0 aliphatic rings. The van der Waals surface area contributed by atoms with Gasteiger partial charge in [-0.15, -0.1) is 0 Å². The van der Waals surface area contributed by atoms with E-state index in [1.54, 1.807) is 6.92 Å². The van der Waals surface area contributed by atoms with Crippen LogP contribution in [0.15, 0.2) is 0 Å². The van der Waals surface area contributed by atoms with Crippen molar-refractivity contribution in [2.24, 2.45) is 5.73 Å². The lowest BCUT2D eigenvalue weighted by atomic mass is 9.95. The molecule has 2 N–H and O–H groups in total. The smallest absolute Gasteiger partial charge is 0.102 e. The quantitative estimate of drug-likeness (QED) is 0.730.